The van der Waals surface area contributed by atoms with Crippen LogP contribution < -0.4 is 10.1 Å². The minimum Gasteiger partial charge on any atom is -0.479 e. The van der Waals surface area contributed by atoms with E-state index < -0.39 is 12.1 Å². The Balaban J connectivity index is 1.59. The number of benzene rings is 3. The van der Waals surface area contributed by atoms with E-state index >= 15 is 0 Å². The molecule has 1 heterocycles. The summed E-state index contributed by atoms with van der Waals surface area (Å²) in [4.78, 5) is 24.5. The molecule has 2 atom stereocenters. The Kier molecular flexibility index (Phi) is 8.14. The van der Waals surface area contributed by atoms with Crippen molar-refractivity contribution in [3.05, 3.63) is 99.7 Å². The highest BCUT2D eigenvalue weighted by Gasteiger charge is 2.18. The number of amides is 1. The molecular weight excluding hydrogens is 488 g/mol. The fourth-order valence-electron chi connectivity index (χ4n) is 4.86. The van der Waals surface area contributed by atoms with Crippen molar-refractivity contribution in [1.82, 2.24) is 9.88 Å². The molecule has 6 heteroatoms. The largest absolute Gasteiger partial charge is 0.479 e. The number of carbonyl (C=O) groups excluding carboxylic acids is 1. The number of hydrogen-bond donors (Lipinski definition) is 2. The maximum atomic E-state index is 13.2. The Labute approximate surface area is 230 Å². The van der Waals surface area contributed by atoms with Crippen LogP contribution in [-0.2, 0) is 11.3 Å². The van der Waals surface area contributed by atoms with Gasteiger partial charge in [-0.15, -0.1) is 0 Å². The summed E-state index contributed by atoms with van der Waals surface area (Å²) in [5, 5.41) is 13.4. The van der Waals surface area contributed by atoms with E-state index in [9.17, 15) is 14.7 Å². The van der Waals surface area contributed by atoms with Crippen LogP contribution in [0.1, 0.15) is 83.5 Å². The van der Waals surface area contributed by atoms with E-state index in [1.54, 1.807) is 6.07 Å². The van der Waals surface area contributed by atoms with Crippen molar-refractivity contribution in [1.29, 1.82) is 0 Å². The Morgan fingerprint density at radius 2 is 1.64 bits per heavy atom. The number of carboxylic acids is 1. The average Bonchev–Trinajstić information content (AvgIpc) is 3.14. The number of aromatic nitrogens is 1. The Hall–Kier alpha value is -4.06. The van der Waals surface area contributed by atoms with Crippen LogP contribution in [0.15, 0.2) is 60.7 Å². The van der Waals surface area contributed by atoms with Crippen LogP contribution in [0.5, 0.6) is 5.75 Å². The predicted molar refractivity (Wildman–Crippen MR) is 156 cm³/mol. The molecule has 2 N–H and O–H groups in total. The molecule has 6 nitrogen and oxygen atoms in total. The number of nitrogens with zero attached hydrogens (tertiary/aromatic N) is 1. The molecule has 204 valence electrons. The molecule has 4 rings (SSSR count). The quantitative estimate of drug-likeness (QED) is 0.244. The van der Waals surface area contributed by atoms with E-state index in [0.29, 0.717) is 23.8 Å². The highest BCUT2D eigenvalue weighted by molar-refractivity contribution is 5.99. The number of fused-ring (bicyclic) bond motifs is 1. The minimum atomic E-state index is -1.00. The lowest BCUT2D eigenvalue weighted by Crippen LogP contribution is -2.26. The molecule has 0 radical (unpaired) electrons. The van der Waals surface area contributed by atoms with Gasteiger partial charge >= 0.3 is 5.97 Å². The lowest BCUT2D eigenvalue weighted by molar-refractivity contribution is -0.144. The second-order valence-electron chi connectivity index (χ2n) is 10.7. The highest BCUT2D eigenvalue weighted by atomic mass is 16.5. The van der Waals surface area contributed by atoms with Gasteiger partial charge in [0, 0.05) is 28.7 Å². The Morgan fingerprint density at radius 1 is 0.923 bits per heavy atom. The van der Waals surface area contributed by atoms with Crippen molar-refractivity contribution in [3.63, 3.8) is 0 Å². The summed E-state index contributed by atoms with van der Waals surface area (Å²) in [7, 11) is 0. The van der Waals surface area contributed by atoms with Crippen molar-refractivity contribution in [3.8, 4) is 5.75 Å². The van der Waals surface area contributed by atoms with Gasteiger partial charge in [0.15, 0.2) is 6.10 Å². The summed E-state index contributed by atoms with van der Waals surface area (Å²) in [6.07, 6.45) is -0.927. The first-order valence-electron chi connectivity index (χ1n) is 13.5. The summed E-state index contributed by atoms with van der Waals surface area (Å²) in [6.45, 7) is 14.7. The van der Waals surface area contributed by atoms with Crippen LogP contribution in [0.25, 0.3) is 10.9 Å². The van der Waals surface area contributed by atoms with Gasteiger partial charge in [-0.1, -0.05) is 44.2 Å². The third-order valence-corrected chi connectivity index (χ3v) is 7.64. The zero-order chi connectivity index (χ0) is 28.4. The predicted octanol–water partition coefficient (Wildman–Crippen LogP) is 7.08. The SMILES string of the molecule is Cc1ccc(O[C@@H](C)C(=O)O)cc1Cn1c(C)c(C)c2cc(C(=O)N[C@@H](C)c3cccc(C(C)C)c3)ccc21. The molecule has 0 saturated carbocycles. The summed E-state index contributed by atoms with van der Waals surface area (Å²) < 4.78 is 7.84. The van der Waals surface area contributed by atoms with Gasteiger partial charge < -0.3 is 19.7 Å². The number of nitrogens with one attached hydrogen (secondary N) is 1. The zero-order valence-electron chi connectivity index (χ0n) is 23.8. The van der Waals surface area contributed by atoms with Crippen molar-refractivity contribution in [2.75, 3.05) is 0 Å². The van der Waals surface area contributed by atoms with Gasteiger partial charge in [-0.3, -0.25) is 4.79 Å². The first-order valence-corrected chi connectivity index (χ1v) is 13.5. The molecule has 0 bridgehead atoms. The molecule has 4 aromatic rings. The van der Waals surface area contributed by atoms with Gasteiger partial charge in [-0.05, 0) is 98.7 Å². The standard InChI is InChI=1S/C33H38N2O4/c1-19(2)25-9-8-10-26(15-25)22(5)34-32(36)27-12-14-31-30(17-27)21(4)23(6)35(31)18-28-16-29(13-11-20(28)3)39-24(7)33(37)38/h8-17,19,22,24H,18H2,1-7H3,(H,34,36)(H,37,38)/t22-,24-/m0/s1. The minimum absolute atomic E-state index is 0.0996. The summed E-state index contributed by atoms with van der Waals surface area (Å²) in [6, 6.07) is 19.8. The summed E-state index contributed by atoms with van der Waals surface area (Å²) in [5.74, 6) is -0.142. The summed E-state index contributed by atoms with van der Waals surface area (Å²) in [5.41, 5.74) is 8.40. The van der Waals surface area contributed by atoms with Gasteiger partial charge in [-0.25, -0.2) is 4.79 Å². The monoisotopic (exact) mass is 526 g/mol. The number of hydrogen-bond acceptors (Lipinski definition) is 3. The molecule has 0 aliphatic heterocycles. The normalized spacial score (nSPS) is 12.9. The molecule has 3 aromatic carbocycles. The number of rotatable bonds is 9. The lowest BCUT2D eigenvalue weighted by Gasteiger charge is -2.17. The third-order valence-electron chi connectivity index (χ3n) is 7.64. The van der Waals surface area contributed by atoms with Crippen molar-refractivity contribution in [2.24, 2.45) is 0 Å². The van der Waals surface area contributed by atoms with E-state index in [1.165, 1.54) is 12.5 Å². The zero-order valence-corrected chi connectivity index (χ0v) is 23.8. The first kappa shape index (κ1) is 28.0. The molecule has 0 aliphatic rings. The molecule has 39 heavy (non-hydrogen) atoms. The fraction of sp³-hybridized carbons (Fsp3) is 0.333. The van der Waals surface area contributed by atoms with Crippen LogP contribution in [0.2, 0.25) is 0 Å². The van der Waals surface area contributed by atoms with Crippen LogP contribution in [0, 0.1) is 20.8 Å². The van der Waals surface area contributed by atoms with E-state index in [2.05, 4.69) is 55.8 Å². The molecule has 0 aliphatic carbocycles. The van der Waals surface area contributed by atoms with Crippen molar-refractivity contribution < 1.29 is 19.4 Å². The second kappa shape index (κ2) is 11.4. The number of carboxylic acid groups (broad SMARTS) is 1. The van der Waals surface area contributed by atoms with Crippen LogP contribution in [-0.4, -0.2) is 27.7 Å². The van der Waals surface area contributed by atoms with Gasteiger partial charge in [0.1, 0.15) is 5.75 Å². The average molecular weight is 527 g/mol. The molecule has 0 saturated heterocycles. The Morgan fingerprint density at radius 3 is 2.33 bits per heavy atom. The van der Waals surface area contributed by atoms with E-state index in [1.807, 2.05) is 50.2 Å². The Bertz CT molecular complexity index is 1530. The van der Waals surface area contributed by atoms with E-state index in [-0.39, 0.29) is 11.9 Å². The molecule has 0 fully saturated rings. The summed E-state index contributed by atoms with van der Waals surface area (Å²) >= 11 is 0. The molecule has 0 spiro atoms. The molecule has 0 unspecified atom stereocenters. The maximum absolute atomic E-state index is 13.2. The number of aliphatic carboxylic acids is 1. The molecule has 1 aromatic heterocycles. The number of carbonyl (C=O) groups is 2. The van der Waals surface area contributed by atoms with E-state index in [0.717, 1.165) is 38.9 Å². The van der Waals surface area contributed by atoms with Crippen LogP contribution in [0.4, 0.5) is 0 Å². The third kappa shape index (κ3) is 6.00. The molecular formula is C33H38N2O4. The van der Waals surface area contributed by atoms with Crippen LogP contribution in [0.3, 0.4) is 0 Å². The number of ether oxygens (including phenoxy) is 1. The first-order chi connectivity index (χ1) is 18.5. The second-order valence-corrected chi connectivity index (χ2v) is 10.7. The molecule has 1 amide bonds. The van der Waals surface area contributed by atoms with Crippen LogP contribution >= 0.6 is 0 Å². The van der Waals surface area contributed by atoms with Gasteiger partial charge in [0.05, 0.1) is 6.04 Å². The number of aryl methyl sites for hydroxylation is 2. The van der Waals surface area contributed by atoms with Gasteiger partial charge in [0.2, 0.25) is 0 Å². The smallest absolute Gasteiger partial charge is 0.344 e. The fourth-order valence-corrected chi connectivity index (χ4v) is 4.86. The maximum Gasteiger partial charge on any atom is 0.344 e. The van der Waals surface area contributed by atoms with Crippen molar-refractivity contribution in [2.45, 2.75) is 73.1 Å². The lowest BCUT2D eigenvalue weighted by atomic mass is 9.98. The van der Waals surface area contributed by atoms with Crippen molar-refractivity contribution >= 4 is 22.8 Å². The van der Waals surface area contributed by atoms with Gasteiger partial charge in [0.25, 0.3) is 5.91 Å². The van der Waals surface area contributed by atoms with E-state index in [4.69, 9.17) is 4.74 Å². The topological polar surface area (TPSA) is 80.6 Å². The highest BCUT2D eigenvalue weighted by Crippen LogP contribution is 2.29. The van der Waals surface area contributed by atoms with Gasteiger partial charge in [-0.2, -0.15) is 0 Å².